The summed E-state index contributed by atoms with van der Waals surface area (Å²) in [5.74, 6) is -0.892. The molecule has 4 nitrogen and oxygen atoms in total. The molecule has 2 aromatic heterocycles. The van der Waals surface area contributed by atoms with Crippen LogP contribution in [0.5, 0.6) is 0 Å². The molecule has 0 fully saturated rings. The fraction of sp³-hybridized carbons (Fsp3) is 0.188. The summed E-state index contributed by atoms with van der Waals surface area (Å²) in [5, 5.41) is 11.7. The van der Waals surface area contributed by atoms with E-state index in [0.29, 0.717) is 17.9 Å². The lowest BCUT2D eigenvalue weighted by Crippen LogP contribution is -2.10. The fourth-order valence-electron chi connectivity index (χ4n) is 2.55. The maximum atomic E-state index is 11.5. The first-order valence-electron chi connectivity index (χ1n) is 6.70. The number of benzene rings is 1. The monoisotopic (exact) mass is 268 g/mol. The van der Waals surface area contributed by atoms with Crippen molar-refractivity contribution < 1.29 is 9.90 Å². The average Bonchev–Trinajstić information content (AvgIpc) is 3.01. The molecule has 0 atom stereocenters. The summed E-state index contributed by atoms with van der Waals surface area (Å²) in [6.45, 7) is 2.75. The second-order valence-electron chi connectivity index (χ2n) is 4.84. The molecule has 2 heterocycles. The molecule has 0 saturated heterocycles. The van der Waals surface area contributed by atoms with Gasteiger partial charge >= 0.3 is 5.97 Å². The zero-order valence-electron chi connectivity index (χ0n) is 11.3. The maximum absolute atomic E-state index is 11.5. The molecular formula is C16H16N2O2. The second kappa shape index (κ2) is 4.89. The Labute approximate surface area is 116 Å². The third kappa shape index (κ3) is 1.99. The minimum atomic E-state index is -0.892. The van der Waals surface area contributed by atoms with Crippen molar-refractivity contribution in [2.75, 3.05) is 0 Å². The molecule has 1 N–H and O–H groups in total. The predicted molar refractivity (Wildman–Crippen MR) is 78.5 cm³/mol. The van der Waals surface area contributed by atoms with E-state index in [4.69, 9.17) is 0 Å². The van der Waals surface area contributed by atoms with Crippen molar-refractivity contribution in [3.8, 4) is 5.69 Å². The number of fused-ring (bicyclic) bond motifs is 1. The molecule has 1 aromatic carbocycles. The quantitative estimate of drug-likeness (QED) is 0.786. The number of carboxylic acids is 1. The van der Waals surface area contributed by atoms with Crippen molar-refractivity contribution in [3.05, 3.63) is 54.6 Å². The van der Waals surface area contributed by atoms with Crippen molar-refractivity contribution in [3.63, 3.8) is 0 Å². The van der Waals surface area contributed by atoms with Crippen LogP contribution in [0.3, 0.4) is 0 Å². The third-order valence-corrected chi connectivity index (χ3v) is 3.44. The van der Waals surface area contributed by atoms with E-state index in [1.54, 1.807) is 4.57 Å². The van der Waals surface area contributed by atoms with Gasteiger partial charge < -0.3 is 14.2 Å². The van der Waals surface area contributed by atoms with Crippen LogP contribution in [0, 0.1) is 0 Å². The van der Waals surface area contributed by atoms with E-state index < -0.39 is 5.97 Å². The van der Waals surface area contributed by atoms with Crippen LogP contribution in [0.15, 0.2) is 48.9 Å². The molecule has 4 heteroatoms. The SMILES string of the molecule is CCCn1ccc(-n2cc3ccccc3c2)c1C(=O)O. The highest BCUT2D eigenvalue weighted by molar-refractivity contribution is 5.91. The van der Waals surface area contributed by atoms with Crippen LogP contribution < -0.4 is 0 Å². The number of aryl methyl sites for hydroxylation is 1. The average molecular weight is 268 g/mol. The highest BCUT2D eigenvalue weighted by atomic mass is 16.4. The Hall–Kier alpha value is -2.49. The van der Waals surface area contributed by atoms with E-state index in [1.165, 1.54) is 0 Å². The summed E-state index contributed by atoms with van der Waals surface area (Å²) in [4.78, 5) is 11.5. The van der Waals surface area contributed by atoms with Gasteiger partial charge in [0.05, 0.1) is 5.69 Å². The first-order valence-corrected chi connectivity index (χ1v) is 6.70. The lowest BCUT2D eigenvalue weighted by Gasteiger charge is -2.07. The minimum absolute atomic E-state index is 0.340. The molecule has 3 aromatic rings. The van der Waals surface area contributed by atoms with Gasteiger partial charge in [0, 0.05) is 25.1 Å². The number of rotatable bonds is 4. The Bertz CT molecular complexity index is 735. The number of aromatic carboxylic acids is 1. The van der Waals surface area contributed by atoms with Crippen molar-refractivity contribution in [1.82, 2.24) is 9.13 Å². The molecule has 0 bridgehead atoms. The summed E-state index contributed by atoms with van der Waals surface area (Å²) < 4.78 is 3.68. The van der Waals surface area contributed by atoms with Crippen molar-refractivity contribution in [2.45, 2.75) is 19.9 Å². The van der Waals surface area contributed by atoms with Crippen LogP contribution in [0.2, 0.25) is 0 Å². The molecule has 0 amide bonds. The Balaban J connectivity index is 2.15. The number of aromatic nitrogens is 2. The number of nitrogens with zero attached hydrogens (tertiary/aromatic N) is 2. The first kappa shape index (κ1) is 12.5. The van der Waals surface area contributed by atoms with Crippen LogP contribution in [0.25, 0.3) is 16.5 Å². The second-order valence-corrected chi connectivity index (χ2v) is 4.84. The van der Waals surface area contributed by atoms with Crippen molar-refractivity contribution >= 4 is 16.7 Å². The number of hydrogen-bond acceptors (Lipinski definition) is 1. The normalized spacial score (nSPS) is 11.1. The standard InChI is InChI=1S/C16H16N2O2/c1-2-8-17-9-7-14(15(17)16(19)20)18-10-12-5-3-4-6-13(12)11-18/h3-7,9-11H,2,8H2,1H3,(H,19,20). The zero-order valence-corrected chi connectivity index (χ0v) is 11.3. The fourth-order valence-corrected chi connectivity index (χ4v) is 2.55. The predicted octanol–water partition coefficient (Wildman–Crippen LogP) is 3.54. The van der Waals surface area contributed by atoms with Crippen LogP contribution in [-0.2, 0) is 6.54 Å². The van der Waals surface area contributed by atoms with Gasteiger partial charge in [-0.1, -0.05) is 31.2 Å². The summed E-state index contributed by atoms with van der Waals surface area (Å²) in [6, 6.07) is 9.86. The van der Waals surface area contributed by atoms with Gasteiger partial charge in [-0.2, -0.15) is 0 Å². The van der Waals surface area contributed by atoms with Gasteiger partial charge in [-0.25, -0.2) is 4.79 Å². The Morgan fingerprint density at radius 1 is 1.15 bits per heavy atom. The smallest absolute Gasteiger partial charge is 0.354 e. The topological polar surface area (TPSA) is 47.2 Å². The Kier molecular flexibility index (Phi) is 3.06. The van der Waals surface area contributed by atoms with Gasteiger partial charge in [0.1, 0.15) is 0 Å². The van der Waals surface area contributed by atoms with E-state index in [0.717, 1.165) is 17.2 Å². The van der Waals surface area contributed by atoms with Gasteiger partial charge in [0.2, 0.25) is 0 Å². The molecule has 0 aliphatic heterocycles. The van der Waals surface area contributed by atoms with Crippen LogP contribution in [0.4, 0.5) is 0 Å². The summed E-state index contributed by atoms with van der Waals surface area (Å²) in [7, 11) is 0. The molecule has 20 heavy (non-hydrogen) atoms. The lowest BCUT2D eigenvalue weighted by molar-refractivity contribution is 0.0685. The van der Waals surface area contributed by atoms with E-state index in [-0.39, 0.29) is 0 Å². The molecule has 0 aliphatic rings. The number of carbonyl (C=O) groups is 1. The summed E-state index contributed by atoms with van der Waals surface area (Å²) >= 11 is 0. The molecule has 0 radical (unpaired) electrons. The van der Waals surface area contributed by atoms with Crippen LogP contribution in [0.1, 0.15) is 23.8 Å². The van der Waals surface area contributed by atoms with Crippen LogP contribution >= 0.6 is 0 Å². The van der Waals surface area contributed by atoms with Gasteiger partial charge in [0.15, 0.2) is 5.69 Å². The van der Waals surface area contributed by atoms with Crippen molar-refractivity contribution in [2.24, 2.45) is 0 Å². The molecule has 0 spiro atoms. The molecule has 0 saturated carbocycles. The first-order chi connectivity index (χ1) is 9.70. The largest absolute Gasteiger partial charge is 0.477 e. The molecule has 3 rings (SSSR count). The Morgan fingerprint density at radius 3 is 2.35 bits per heavy atom. The maximum Gasteiger partial charge on any atom is 0.354 e. The van der Waals surface area contributed by atoms with E-state index in [2.05, 4.69) is 0 Å². The summed E-state index contributed by atoms with van der Waals surface area (Å²) in [5.41, 5.74) is 1.05. The minimum Gasteiger partial charge on any atom is -0.477 e. The number of carboxylic acid groups (broad SMARTS) is 1. The van der Waals surface area contributed by atoms with E-state index in [9.17, 15) is 9.90 Å². The summed E-state index contributed by atoms with van der Waals surface area (Å²) in [6.07, 6.45) is 6.68. The van der Waals surface area contributed by atoms with E-state index in [1.807, 2.05) is 60.4 Å². The highest BCUT2D eigenvalue weighted by Crippen LogP contribution is 2.22. The lowest BCUT2D eigenvalue weighted by atomic mass is 10.2. The van der Waals surface area contributed by atoms with Gasteiger partial charge in [0.25, 0.3) is 0 Å². The molecule has 0 unspecified atom stereocenters. The number of hydrogen-bond donors (Lipinski definition) is 1. The van der Waals surface area contributed by atoms with Gasteiger partial charge in [-0.05, 0) is 23.3 Å². The van der Waals surface area contributed by atoms with Crippen LogP contribution in [-0.4, -0.2) is 20.2 Å². The molecule has 0 aliphatic carbocycles. The molecule has 102 valence electrons. The third-order valence-electron chi connectivity index (χ3n) is 3.44. The van der Waals surface area contributed by atoms with Gasteiger partial charge in [-0.3, -0.25) is 0 Å². The highest BCUT2D eigenvalue weighted by Gasteiger charge is 2.17. The Morgan fingerprint density at radius 2 is 1.80 bits per heavy atom. The van der Waals surface area contributed by atoms with Crippen molar-refractivity contribution in [1.29, 1.82) is 0 Å². The van der Waals surface area contributed by atoms with E-state index >= 15 is 0 Å². The zero-order chi connectivity index (χ0) is 14.1. The molecular weight excluding hydrogens is 252 g/mol. The van der Waals surface area contributed by atoms with Gasteiger partial charge in [-0.15, -0.1) is 0 Å².